The molecule has 0 aromatic carbocycles. The Bertz CT molecular complexity index is 290. The number of aryl methyl sites for hydroxylation is 1. The summed E-state index contributed by atoms with van der Waals surface area (Å²) in [4.78, 5) is 4.58. The highest BCUT2D eigenvalue weighted by molar-refractivity contribution is 7.80. The van der Waals surface area contributed by atoms with E-state index in [4.69, 9.17) is 18.0 Å². The smallest absolute Gasteiger partial charge is 0.0945 e. The number of imidazole rings is 1. The normalized spacial score (nSPS) is 11.6. The lowest BCUT2D eigenvalue weighted by Crippen LogP contribution is -2.29. The lowest BCUT2D eigenvalue weighted by atomic mass is 9.88. The molecule has 0 amide bonds. The Morgan fingerprint density at radius 1 is 1.57 bits per heavy atom. The van der Waals surface area contributed by atoms with Crippen molar-refractivity contribution in [1.82, 2.24) is 9.55 Å². The van der Waals surface area contributed by atoms with Crippen LogP contribution in [0.2, 0.25) is 0 Å². The lowest BCUT2D eigenvalue weighted by Gasteiger charge is -2.22. The van der Waals surface area contributed by atoms with Gasteiger partial charge in [0.25, 0.3) is 0 Å². The van der Waals surface area contributed by atoms with Gasteiger partial charge in [0.15, 0.2) is 0 Å². The molecule has 0 bridgehead atoms. The van der Waals surface area contributed by atoms with Crippen molar-refractivity contribution in [3.8, 4) is 0 Å². The van der Waals surface area contributed by atoms with Crippen LogP contribution in [0.25, 0.3) is 0 Å². The van der Waals surface area contributed by atoms with Gasteiger partial charge in [-0.3, -0.25) is 0 Å². The van der Waals surface area contributed by atoms with Gasteiger partial charge in [0.05, 0.1) is 11.3 Å². The van der Waals surface area contributed by atoms with Gasteiger partial charge in [-0.2, -0.15) is 0 Å². The first-order chi connectivity index (χ1) is 6.52. The van der Waals surface area contributed by atoms with Crippen molar-refractivity contribution in [1.29, 1.82) is 0 Å². The van der Waals surface area contributed by atoms with Gasteiger partial charge in [-0.15, -0.1) is 0 Å². The van der Waals surface area contributed by atoms with Crippen molar-refractivity contribution in [3.05, 3.63) is 18.7 Å². The van der Waals surface area contributed by atoms with Crippen LogP contribution in [0, 0.1) is 5.41 Å². The summed E-state index contributed by atoms with van der Waals surface area (Å²) in [6.45, 7) is 5.15. The Kier molecular flexibility index (Phi) is 3.63. The van der Waals surface area contributed by atoms with Crippen molar-refractivity contribution in [2.75, 3.05) is 0 Å². The van der Waals surface area contributed by atoms with E-state index in [9.17, 15) is 0 Å². The average Bonchev–Trinajstić information content (AvgIpc) is 2.56. The molecule has 0 fully saturated rings. The minimum atomic E-state index is -0.0318. The van der Waals surface area contributed by atoms with Crippen LogP contribution >= 0.6 is 12.2 Å². The van der Waals surface area contributed by atoms with E-state index in [1.807, 2.05) is 12.5 Å². The van der Waals surface area contributed by atoms with E-state index in [0.29, 0.717) is 4.99 Å². The zero-order valence-corrected chi connectivity index (χ0v) is 9.55. The van der Waals surface area contributed by atoms with Crippen molar-refractivity contribution < 1.29 is 0 Å². The maximum atomic E-state index is 5.64. The first kappa shape index (κ1) is 11.2. The van der Waals surface area contributed by atoms with Gasteiger partial charge in [-0.1, -0.05) is 26.1 Å². The quantitative estimate of drug-likeness (QED) is 0.757. The second kappa shape index (κ2) is 4.55. The van der Waals surface area contributed by atoms with Crippen LogP contribution in [0.5, 0.6) is 0 Å². The highest BCUT2D eigenvalue weighted by Gasteiger charge is 2.20. The third-order valence-electron chi connectivity index (χ3n) is 2.44. The molecular weight excluding hydrogens is 194 g/mol. The summed E-state index contributed by atoms with van der Waals surface area (Å²) in [6, 6.07) is 0. The summed E-state index contributed by atoms with van der Waals surface area (Å²) in [5.74, 6) is 0. The van der Waals surface area contributed by atoms with Crippen molar-refractivity contribution >= 4 is 17.2 Å². The van der Waals surface area contributed by atoms with E-state index in [-0.39, 0.29) is 5.41 Å². The molecule has 3 nitrogen and oxygen atoms in total. The van der Waals surface area contributed by atoms with Gasteiger partial charge in [-0.25, -0.2) is 4.98 Å². The Hall–Kier alpha value is -0.900. The van der Waals surface area contributed by atoms with Gasteiger partial charge in [-0.05, 0) is 12.8 Å². The van der Waals surface area contributed by atoms with Crippen LogP contribution in [0.15, 0.2) is 18.7 Å². The fourth-order valence-corrected chi connectivity index (χ4v) is 1.35. The van der Waals surface area contributed by atoms with Crippen LogP contribution in [0.1, 0.15) is 26.7 Å². The fraction of sp³-hybridized carbons (Fsp3) is 0.600. The number of rotatable bonds is 5. The molecule has 0 aliphatic rings. The summed E-state index contributed by atoms with van der Waals surface area (Å²) in [5, 5.41) is 0. The largest absolute Gasteiger partial charge is 0.393 e. The molecule has 1 heterocycles. The molecule has 0 saturated heterocycles. The summed E-state index contributed by atoms with van der Waals surface area (Å²) in [7, 11) is 0. The number of aromatic nitrogens is 2. The van der Waals surface area contributed by atoms with Gasteiger partial charge >= 0.3 is 0 Å². The van der Waals surface area contributed by atoms with E-state index < -0.39 is 0 Å². The second-order valence-electron chi connectivity index (χ2n) is 4.15. The third kappa shape index (κ3) is 3.10. The molecule has 2 N–H and O–H groups in total. The Morgan fingerprint density at radius 3 is 2.79 bits per heavy atom. The Labute approximate surface area is 90.3 Å². The van der Waals surface area contributed by atoms with E-state index in [0.717, 1.165) is 19.4 Å². The SMILES string of the molecule is CC(C)(CCCn1ccnc1)C(N)=S. The number of hydrogen-bond acceptors (Lipinski definition) is 2. The van der Waals surface area contributed by atoms with Crippen LogP contribution in [0.4, 0.5) is 0 Å². The van der Waals surface area contributed by atoms with Crippen LogP contribution in [-0.4, -0.2) is 14.5 Å². The summed E-state index contributed by atoms with van der Waals surface area (Å²) < 4.78 is 2.07. The zero-order valence-electron chi connectivity index (χ0n) is 8.73. The minimum Gasteiger partial charge on any atom is -0.393 e. The summed E-state index contributed by atoms with van der Waals surface area (Å²) in [5.41, 5.74) is 5.61. The predicted octanol–water partition coefficient (Wildman–Crippen LogP) is 1.98. The van der Waals surface area contributed by atoms with Crippen molar-refractivity contribution in [2.24, 2.45) is 11.1 Å². The predicted molar refractivity (Wildman–Crippen MR) is 62.0 cm³/mol. The number of nitrogens with two attached hydrogens (primary N) is 1. The average molecular weight is 211 g/mol. The maximum absolute atomic E-state index is 5.64. The van der Waals surface area contributed by atoms with Gasteiger partial charge in [0, 0.05) is 24.4 Å². The number of thiocarbonyl (C=S) groups is 1. The molecular formula is C10H17N3S. The van der Waals surface area contributed by atoms with E-state index in [2.05, 4.69) is 23.4 Å². The topological polar surface area (TPSA) is 43.8 Å². The molecule has 14 heavy (non-hydrogen) atoms. The van der Waals surface area contributed by atoms with Gasteiger partial charge < -0.3 is 10.3 Å². The van der Waals surface area contributed by atoms with Gasteiger partial charge in [0.1, 0.15) is 0 Å². The van der Waals surface area contributed by atoms with Crippen molar-refractivity contribution in [3.63, 3.8) is 0 Å². The molecule has 1 rings (SSSR count). The first-order valence-electron chi connectivity index (χ1n) is 4.78. The molecule has 4 heteroatoms. The molecule has 0 saturated carbocycles. The number of nitrogens with zero attached hydrogens (tertiary/aromatic N) is 2. The fourth-order valence-electron chi connectivity index (χ4n) is 1.25. The summed E-state index contributed by atoms with van der Waals surface area (Å²) >= 11 is 5.00. The first-order valence-corrected chi connectivity index (χ1v) is 5.19. The Morgan fingerprint density at radius 2 is 2.29 bits per heavy atom. The molecule has 0 unspecified atom stereocenters. The molecule has 0 atom stereocenters. The molecule has 0 radical (unpaired) electrons. The number of hydrogen-bond donors (Lipinski definition) is 1. The monoisotopic (exact) mass is 211 g/mol. The second-order valence-corrected chi connectivity index (χ2v) is 4.59. The van der Waals surface area contributed by atoms with Crippen LogP contribution in [-0.2, 0) is 6.54 Å². The highest BCUT2D eigenvalue weighted by atomic mass is 32.1. The van der Waals surface area contributed by atoms with E-state index in [1.54, 1.807) is 6.20 Å². The molecule has 1 aromatic heterocycles. The highest BCUT2D eigenvalue weighted by Crippen LogP contribution is 2.22. The minimum absolute atomic E-state index is 0.0318. The van der Waals surface area contributed by atoms with Crippen LogP contribution in [0.3, 0.4) is 0 Å². The van der Waals surface area contributed by atoms with Crippen molar-refractivity contribution in [2.45, 2.75) is 33.2 Å². The van der Waals surface area contributed by atoms with Gasteiger partial charge in [0.2, 0.25) is 0 Å². The maximum Gasteiger partial charge on any atom is 0.0945 e. The van der Waals surface area contributed by atoms with E-state index >= 15 is 0 Å². The standard InChI is InChI=1S/C10H17N3S/c1-10(2,9(11)14)4-3-6-13-7-5-12-8-13/h5,7-8H,3-4,6H2,1-2H3,(H2,11,14). The van der Waals surface area contributed by atoms with E-state index in [1.165, 1.54) is 0 Å². The lowest BCUT2D eigenvalue weighted by molar-refractivity contribution is 0.436. The molecule has 0 spiro atoms. The molecule has 0 aliphatic carbocycles. The third-order valence-corrected chi connectivity index (χ3v) is 3.00. The zero-order chi connectivity index (χ0) is 10.6. The van der Waals surface area contributed by atoms with Crippen LogP contribution < -0.4 is 5.73 Å². The molecule has 78 valence electrons. The summed E-state index contributed by atoms with van der Waals surface area (Å²) in [6.07, 6.45) is 7.67. The molecule has 0 aliphatic heterocycles. The Balaban J connectivity index is 2.31. The molecule has 1 aromatic rings.